The van der Waals surface area contributed by atoms with Gasteiger partial charge in [0.05, 0.1) is 6.10 Å². The number of amides is 1. The molecule has 1 rings (SSSR count). The highest BCUT2D eigenvalue weighted by Gasteiger charge is 2.39. The van der Waals surface area contributed by atoms with Crippen molar-refractivity contribution >= 4 is 5.91 Å². The summed E-state index contributed by atoms with van der Waals surface area (Å²) in [6.07, 6.45) is 1.68. The summed E-state index contributed by atoms with van der Waals surface area (Å²) in [5, 5.41) is 16.3. The lowest BCUT2D eigenvalue weighted by molar-refractivity contribution is -0.123. The predicted molar refractivity (Wildman–Crippen MR) is 70.4 cm³/mol. The zero-order valence-corrected chi connectivity index (χ0v) is 11.7. The van der Waals surface area contributed by atoms with Crippen molar-refractivity contribution in [2.45, 2.75) is 57.8 Å². The van der Waals surface area contributed by atoms with Crippen LogP contribution in [0, 0.1) is 0 Å². The summed E-state index contributed by atoms with van der Waals surface area (Å²) >= 11 is 0. The van der Waals surface area contributed by atoms with Gasteiger partial charge < -0.3 is 20.5 Å². The predicted octanol–water partition coefficient (Wildman–Crippen LogP) is 0.421. The molecule has 2 unspecified atom stereocenters. The fourth-order valence-corrected chi connectivity index (χ4v) is 1.98. The second-order valence-corrected chi connectivity index (χ2v) is 5.36. The molecule has 1 aliphatic rings. The smallest absolute Gasteiger partial charge is 0.220 e. The number of rotatable bonds is 7. The van der Waals surface area contributed by atoms with Gasteiger partial charge in [-0.05, 0) is 19.9 Å². The van der Waals surface area contributed by atoms with Gasteiger partial charge in [0, 0.05) is 32.0 Å². The van der Waals surface area contributed by atoms with Gasteiger partial charge in [0.25, 0.3) is 0 Å². The van der Waals surface area contributed by atoms with Gasteiger partial charge in [-0.25, -0.2) is 0 Å². The fraction of sp³-hybridized carbons (Fsp3) is 0.923. The molecule has 0 bridgehead atoms. The minimum atomic E-state index is -0.897. The number of carbonyl (C=O) groups excluding carboxylic acids is 1. The Hall–Kier alpha value is -0.650. The van der Waals surface area contributed by atoms with Crippen molar-refractivity contribution in [2.24, 2.45) is 0 Å². The molecule has 3 N–H and O–H groups in total. The van der Waals surface area contributed by atoms with E-state index in [1.807, 2.05) is 6.92 Å². The van der Waals surface area contributed by atoms with Gasteiger partial charge in [-0.3, -0.25) is 4.79 Å². The van der Waals surface area contributed by atoms with E-state index in [4.69, 9.17) is 4.74 Å². The summed E-state index contributed by atoms with van der Waals surface area (Å²) in [7, 11) is 0. The van der Waals surface area contributed by atoms with Crippen molar-refractivity contribution in [3.63, 3.8) is 0 Å². The van der Waals surface area contributed by atoms with Gasteiger partial charge in [-0.15, -0.1) is 0 Å². The minimum Gasteiger partial charge on any atom is -0.385 e. The molecular weight excluding hydrogens is 232 g/mol. The van der Waals surface area contributed by atoms with E-state index in [0.717, 1.165) is 13.0 Å². The van der Waals surface area contributed by atoms with E-state index in [1.54, 1.807) is 0 Å². The van der Waals surface area contributed by atoms with Gasteiger partial charge in [0.2, 0.25) is 5.91 Å². The van der Waals surface area contributed by atoms with Crippen molar-refractivity contribution in [2.75, 3.05) is 19.7 Å². The zero-order chi connectivity index (χ0) is 13.6. The van der Waals surface area contributed by atoms with Crippen LogP contribution in [0.3, 0.4) is 0 Å². The first-order valence-corrected chi connectivity index (χ1v) is 6.78. The van der Waals surface area contributed by atoms with Crippen molar-refractivity contribution in [1.29, 1.82) is 0 Å². The highest BCUT2D eigenvalue weighted by molar-refractivity contribution is 5.75. The summed E-state index contributed by atoms with van der Waals surface area (Å²) in [6.45, 7) is 7.69. The lowest BCUT2D eigenvalue weighted by Crippen LogP contribution is -2.47. The van der Waals surface area contributed by atoms with Crippen LogP contribution in [0.5, 0.6) is 0 Å². The minimum absolute atomic E-state index is 0.00641. The molecule has 2 atom stereocenters. The summed E-state index contributed by atoms with van der Waals surface area (Å²) in [5.74, 6) is -0.00641. The molecule has 0 radical (unpaired) electrons. The maximum Gasteiger partial charge on any atom is 0.220 e. The van der Waals surface area contributed by atoms with E-state index >= 15 is 0 Å². The largest absolute Gasteiger partial charge is 0.385 e. The molecule has 1 aliphatic heterocycles. The second kappa shape index (κ2) is 7.07. The van der Waals surface area contributed by atoms with Crippen molar-refractivity contribution in [3.8, 4) is 0 Å². The Balaban J connectivity index is 2.13. The lowest BCUT2D eigenvalue weighted by Gasteiger charge is -2.26. The monoisotopic (exact) mass is 258 g/mol. The second-order valence-electron chi connectivity index (χ2n) is 5.36. The van der Waals surface area contributed by atoms with E-state index in [-0.39, 0.29) is 18.6 Å². The Morgan fingerprint density at radius 1 is 1.56 bits per heavy atom. The molecule has 1 amide bonds. The summed E-state index contributed by atoms with van der Waals surface area (Å²) in [5.41, 5.74) is -0.897. The van der Waals surface area contributed by atoms with Crippen molar-refractivity contribution in [3.05, 3.63) is 0 Å². The third-order valence-electron chi connectivity index (χ3n) is 3.38. The van der Waals surface area contributed by atoms with Crippen LogP contribution in [-0.4, -0.2) is 48.5 Å². The zero-order valence-electron chi connectivity index (χ0n) is 11.7. The number of ether oxygens (including phenoxy) is 1. The maximum absolute atomic E-state index is 11.6. The van der Waals surface area contributed by atoms with Gasteiger partial charge >= 0.3 is 0 Å². The Morgan fingerprint density at radius 3 is 2.83 bits per heavy atom. The van der Waals surface area contributed by atoms with Crippen LogP contribution in [0.4, 0.5) is 0 Å². The Morgan fingerprint density at radius 2 is 2.28 bits per heavy atom. The molecule has 5 nitrogen and oxygen atoms in total. The number of nitrogens with one attached hydrogen (secondary N) is 2. The summed E-state index contributed by atoms with van der Waals surface area (Å²) in [6, 6.07) is 0.449. The molecule has 0 aromatic heterocycles. The highest BCUT2D eigenvalue weighted by atomic mass is 16.5. The molecule has 0 spiro atoms. The highest BCUT2D eigenvalue weighted by Crippen LogP contribution is 2.24. The Bertz CT molecular complexity index is 271. The third-order valence-corrected chi connectivity index (χ3v) is 3.38. The van der Waals surface area contributed by atoms with Crippen LogP contribution < -0.4 is 10.6 Å². The topological polar surface area (TPSA) is 70.6 Å². The lowest BCUT2D eigenvalue weighted by atomic mass is 9.97. The van der Waals surface area contributed by atoms with Crippen LogP contribution in [0.25, 0.3) is 0 Å². The van der Waals surface area contributed by atoms with E-state index in [1.165, 1.54) is 0 Å². The molecule has 18 heavy (non-hydrogen) atoms. The van der Waals surface area contributed by atoms with Crippen LogP contribution in [0.15, 0.2) is 0 Å². The number of carbonyl (C=O) groups is 1. The first kappa shape index (κ1) is 15.4. The Labute approximate surface area is 109 Å². The molecule has 1 heterocycles. The summed E-state index contributed by atoms with van der Waals surface area (Å²) < 4.78 is 5.31. The van der Waals surface area contributed by atoms with Gasteiger partial charge in [-0.1, -0.05) is 13.8 Å². The Kier molecular flexibility index (Phi) is 6.05. The van der Waals surface area contributed by atoms with E-state index in [2.05, 4.69) is 24.5 Å². The van der Waals surface area contributed by atoms with Crippen LogP contribution in [0.2, 0.25) is 0 Å². The molecule has 0 aliphatic carbocycles. The van der Waals surface area contributed by atoms with Crippen molar-refractivity contribution in [1.82, 2.24) is 10.6 Å². The number of aliphatic hydroxyl groups is 1. The van der Waals surface area contributed by atoms with Crippen LogP contribution >= 0.6 is 0 Å². The van der Waals surface area contributed by atoms with E-state index < -0.39 is 5.60 Å². The van der Waals surface area contributed by atoms with Gasteiger partial charge in [0.15, 0.2) is 0 Å². The molecule has 0 aromatic carbocycles. The number of hydrogen-bond acceptors (Lipinski definition) is 4. The molecule has 0 saturated carbocycles. The molecular formula is C13H26N2O3. The van der Waals surface area contributed by atoms with Gasteiger partial charge in [-0.2, -0.15) is 0 Å². The quantitative estimate of drug-likeness (QED) is 0.579. The van der Waals surface area contributed by atoms with Crippen LogP contribution in [0.1, 0.15) is 40.0 Å². The van der Waals surface area contributed by atoms with E-state index in [0.29, 0.717) is 25.5 Å². The maximum atomic E-state index is 11.6. The average Bonchev–Trinajstić information content (AvgIpc) is 2.63. The molecule has 106 valence electrons. The standard InChI is InChI=1S/C13H26N2O3/c1-10(2)14-7-4-5-12(16)15-9-13(17)6-8-18-11(13)3/h10-11,14,17H,4-9H2,1-3H3,(H,15,16). The normalized spacial score (nSPS) is 27.7. The fourth-order valence-electron chi connectivity index (χ4n) is 1.98. The number of hydrogen-bond donors (Lipinski definition) is 3. The molecule has 0 aromatic rings. The first-order chi connectivity index (χ1) is 8.44. The molecule has 5 heteroatoms. The SMILES string of the molecule is CC(C)NCCCC(=O)NCC1(O)CCOC1C. The van der Waals surface area contributed by atoms with Crippen LogP contribution in [-0.2, 0) is 9.53 Å². The van der Waals surface area contributed by atoms with E-state index in [9.17, 15) is 9.90 Å². The molecule has 1 fully saturated rings. The molecule has 1 saturated heterocycles. The third kappa shape index (κ3) is 4.92. The summed E-state index contributed by atoms with van der Waals surface area (Å²) in [4.78, 5) is 11.6. The first-order valence-electron chi connectivity index (χ1n) is 6.78. The van der Waals surface area contributed by atoms with Gasteiger partial charge in [0.1, 0.15) is 5.60 Å². The van der Waals surface area contributed by atoms with Crippen molar-refractivity contribution < 1.29 is 14.6 Å². The average molecular weight is 258 g/mol.